The van der Waals surface area contributed by atoms with Gasteiger partial charge in [0.15, 0.2) is 0 Å². The minimum Gasteiger partial charge on any atom is -0.481 e. The van der Waals surface area contributed by atoms with E-state index in [1.807, 2.05) is 13.0 Å². The number of carboxylic acid groups (broad SMARTS) is 1. The van der Waals surface area contributed by atoms with Crippen molar-refractivity contribution >= 4 is 5.97 Å². The first-order valence-corrected chi connectivity index (χ1v) is 5.10. The maximum absolute atomic E-state index is 10.7. The van der Waals surface area contributed by atoms with Crippen LogP contribution in [0.15, 0.2) is 12.2 Å². The lowest BCUT2D eigenvalue weighted by molar-refractivity contribution is -0.141. The average molecular weight is 184 g/mol. The zero-order chi connectivity index (χ0) is 10.1. The van der Waals surface area contributed by atoms with Gasteiger partial charge in [0.25, 0.3) is 0 Å². The van der Waals surface area contributed by atoms with Gasteiger partial charge in [-0.2, -0.15) is 0 Å². The number of carbonyl (C=O) groups is 1. The van der Waals surface area contributed by atoms with E-state index >= 15 is 0 Å². The van der Waals surface area contributed by atoms with Gasteiger partial charge < -0.3 is 5.11 Å². The van der Waals surface area contributed by atoms with Crippen LogP contribution in [0, 0.1) is 5.92 Å². The van der Waals surface area contributed by atoms with Crippen molar-refractivity contribution in [2.24, 2.45) is 5.92 Å². The third-order valence-electron chi connectivity index (χ3n) is 2.03. The number of allylic oxidation sites excluding steroid dienone is 2. The normalized spacial score (nSPS) is 13.4. The number of hydrogen-bond acceptors (Lipinski definition) is 1. The van der Waals surface area contributed by atoms with E-state index in [9.17, 15) is 4.79 Å². The second-order valence-electron chi connectivity index (χ2n) is 3.32. The maximum atomic E-state index is 10.7. The van der Waals surface area contributed by atoms with Crippen molar-refractivity contribution in [3.05, 3.63) is 12.2 Å². The fourth-order valence-corrected chi connectivity index (χ4v) is 1.24. The summed E-state index contributed by atoms with van der Waals surface area (Å²) >= 11 is 0. The molecule has 0 radical (unpaired) electrons. The Labute approximate surface area is 80.7 Å². The highest BCUT2D eigenvalue weighted by Crippen LogP contribution is 2.12. The van der Waals surface area contributed by atoms with E-state index in [-0.39, 0.29) is 5.92 Å². The molecule has 0 aliphatic carbocycles. The number of carboxylic acids is 1. The molecule has 1 atom stereocenters. The minimum absolute atomic E-state index is 0.182. The number of rotatable bonds is 7. The molecule has 2 heteroatoms. The van der Waals surface area contributed by atoms with Crippen molar-refractivity contribution in [2.75, 3.05) is 0 Å². The first-order valence-electron chi connectivity index (χ1n) is 5.10. The largest absolute Gasteiger partial charge is 0.481 e. The lowest BCUT2D eigenvalue weighted by Crippen LogP contribution is -2.12. The van der Waals surface area contributed by atoms with Crippen LogP contribution in [0.5, 0.6) is 0 Å². The average Bonchev–Trinajstić information content (AvgIpc) is 2.10. The van der Waals surface area contributed by atoms with Gasteiger partial charge in [0.2, 0.25) is 0 Å². The molecule has 0 bridgehead atoms. The summed E-state index contributed by atoms with van der Waals surface area (Å²) in [5, 5.41) is 8.83. The number of unbranched alkanes of at least 4 members (excludes halogenated alkanes) is 1. The molecule has 0 rings (SSSR count). The van der Waals surface area contributed by atoms with Gasteiger partial charge in [-0.25, -0.2) is 0 Å². The summed E-state index contributed by atoms with van der Waals surface area (Å²) in [6.07, 6.45) is 8.66. The second-order valence-corrected chi connectivity index (χ2v) is 3.32. The molecule has 0 aromatic carbocycles. The fourth-order valence-electron chi connectivity index (χ4n) is 1.24. The highest BCUT2D eigenvalue weighted by molar-refractivity contribution is 5.70. The van der Waals surface area contributed by atoms with Gasteiger partial charge in [0.1, 0.15) is 0 Å². The third kappa shape index (κ3) is 6.38. The maximum Gasteiger partial charge on any atom is 0.306 e. The van der Waals surface area contributed by atoms with Crippen molar-refractivity contribution in [3.8, 4) is 0 Å². The summed E-state index contributed by atoms with van der Waals surface area (Å²) in [5.74, 6) is -0.846. The minimum atomic E-state index is -0.664. The SMILES string of the molecule is CCCC=CCC(CCC)C(=O)O. The second kappa shape index (κ2) is 7.84. The van der Waals surface area contributed by atoms with Gasteiger partial charge in [-0.05, 0) is 19.3 Å². The molecule has 0 spiro atoms. The smallest absolute Gasteiger partial charge is 0.306 e. The van der Waals surface area contributed by atoms with Crippen molar-refractivity contribution in [3.63, 3.8) is 0 Å². The molecule has 0 aromatic heterocycles. The highest BCUT2D eigenvalue weighted by Gasteiger charge is 2.13. The Balaban J connectivity index is 3.75. The molecule has 0 fully saturated rings. The summed E-state index contributed by atoms with van der Waals surface area (Å²) < 4.78 is 0. The van der Waals surface area contributed by atoms with Gasteiger partial charge in [-0.3, -0.25) is 4.79 Å². The Kier molecular flexibility index (Phi) is 7.36. The van der Waals surface area contributed by atoms with Crippen LogP contribution in [0.2, 0.25) is 0 Å². The van der Waals surface area contributed by atoms with E-state index in [0.717, 1.165) is 25.7 Å². The van der Waals surface area contributed by atoms with Crippen molar-refractivity contribution in [1.29, 1.82) is 0 Å². The lowest BCUT2D eigenvalue weighted by atomic mass is 10.00. The zero-order valence-corrected chi connectivity index (χ0v) is 8.62. The van der Waals surface area contributed by atoms with Gasteiger partial charge in [-0.15, -0.1) is 0 Å². The Bertz CT molecular complexity index is 161. The van der Waals surface area contributed by atoms with Gasteiger partial charge in [0.05, 0.1) is 5.92 Å². The van der Waals surface area contributed by atoms with Gasteiger partial charge >= 0.3 is 5.97 Å². The van der Waals surface area contributed by atoms with E-state index in [4.69, 9.17) is 5.11 Å². The van der Waals surface area contributed by atoms with Crippen LogP contribution in [-0.4, -0.2) is 11.1 Å². The summed E-state index contributed by atoms with van der Waals surface area (Å²) in [6, 6.07) is 0. The monoisotopic (exact) mass is 184 g/mol. The van der Waals surface area contributed by atoms with E-state index in [1.54, 1.807) is 0 Å². The molecule has 0 aliphatic rings. The van der Waals surface area contributed by atoms with E-state index in [2.05, 4.69) is 13.0 Å². The zero-order valence-electron chi connectivity index (χ0n) is 8.62. The van der Waals surface area contributed by atoms with Crippen LogP contribution in [-0.2, 0) is 4.79 Å². The molecule has 2 nitrogen and oxygen atoms in total. The quantitative estimate of drug-likeness (QED) is 0.617. The van der Waals surface area contributed by atoms with Crippen LogP contribution >= 0.6 is 0 Å². The molecule has 0 saturated carbocycles. The fraction of sp³-hybridized carbons (Fsp3) is 0.727. The van der Waals surface area contributed by atoms with Crippen molar-refractivity contribution in [1.82, 2.24) is 0 Å². The molecular formula is C11H20O2. The Hall–Kier alpha value is -0.790. The van der Waals surface area contributed by atoms with Crippen LogP contribution in [0.3, 0.4) is 0 Å². The van der Waals surface area contributed by atoms with Crippen LogP contribution in [0.4, 0.5) is 0 Å². The number of hydrogen-bond donors (Lipinski definition) is 1. The van der Waals surface area contributed by atoms with Gasteiger partial charge in [0, 0.05) is 0 Å². The molecule has 76 valence electrons. The van der Waals surface area contributed by atoms with Crippen molar-refractivity contribution < 1.29 is 9.90 Å². The molecule has 0 aromatic rings. The Morgan fingerprint density at radius 1 is 1.31 bits per heavy atom. The van der Waals surface area contributed by atoms with Gasteiger partial charge in [-0.1, -0.05) is 38.8 Å². The molecule has 1 unspecified atom stereocenters. The van der Waals surface area contributed by atoms with Crippen LogP contribution in [0.25, 0.3) is 0 Å². The summed E-state index contributed by atoms with van der Waals surface area (Å²) in [5.41, 5.74) is 0. The first-order chi connectivity index (χ1) is 6.22. The van der Waals surface area contributed by atoms with Crippen LogP contribution < -0.4 is 0 Å². The molecule has 0 amide bonds. The molecular weight excluding hydrogens is 164 g/mol. The molecule has 0 heterocycles. The van der Waals surface area contributed by atoms with E-state index in [0.29, 0.717) is 6.42 Å². The summed E-state index contributed by atoms with van der Waals surface area (Å²) in [4.78, 5) is 10.7. The molecule has 13 heavy (non-hydrogen) atoms. The van der Waals surface area contributed by atoms with E-state index < -0.39 is 5.97 Å². The number of aliphatic carboxylic acids is 1. The molecule has 0 saturated heterocycles. The lowest BCUT2D eigenvalue weighted by Gasteiger charge is -2.06. The topological polar surface area (TPSA) is 37.3 Å². The van der Waals surface area contributed by atoms with Crippen LogP contribution in [0.1, 0.15) is 46.0 Å². The Morgan fingerprint density at radius 2 is 2.00 bits per heavy atom. The Morgan fingerprint density at radius 3 is 2.46 bits per heavy atom. The predicted octanol–water partition coefficient (Wildman–Crippen LogP) is 3.23. The third-order valence-corrected chi connectivity index (χ3v) is 2.03. The first kappa shape index (κ1) is 12.2. The molecule has 1 N–H and O–H groups in total. The molecule has 0 aliphatic heterocycles. The summed E-state index contributed by atoms with van der Waals surface area (Å²) in [6.45, 7) is 4.14. The summed E-state index contributed by atoms with van der Waals surface area (Å²) in [7, 11) is 0. The van der Waals surface area contributed by atoms with E-state index in [1.165, 1.54) is 0 Å². The standard InChI is InChI=1S/C11H20O2/c1-3-5-6-7-9-10(8-4-2)11(12)13/h6-7,10H,3-5,8-9H2,1-2H3,(H,12,13). The van der Waals surface area contributed by atoms with Crippen molar-refractivity contribution in [2.45, 2.75) is 46.0 Å². The predicted molar refractivity (Wildman–Crippen MR) is 54.7 cm³/mol. The highest BCUT2D eigenvalue weighted by atomic mass is 16.4.